The summed E-state index contributed by atoms with van der Waals surface area (Å²) in [5.74, 6) is -1.59. The summed E-state index contributed by atoms with van der Waals surface area (Å²) in [5.41, 5.74) is 7.67. The van der Waals surface area contributed by atoms with E-state index in [1.807, 2.05) is 58.5 Å². The normalized spacial score (nSPS) is 18.5. The number of esters is 1. The second-order valence-electron chi connectivity index (χ2n) is 19.8. The second-order valence-corrected chi connectivity index (χ2v) is 20.2. The maximum atomic E-state index is 14.6. The average molecular weight is 977 g/mol. The van der Waals surface area contributed by atoms with E-state index >= 15 is 0 Å². The highest BCUT2D eigenvalue weighted by atomic mass is 35.5. The van der Waals surface area contributed by atoms with E-state index in [0.717, 1.165) is 68.9 Å². The highest BCUT2D eigenvalue weighted by Crippen LogP contribution is 2.43. The van der Waals surface area contributed by atoms with Crippen LogP contribution >= 0.6 is 11.6 Å². The fourth-order valence-corrected chi connectivity index (χ4v) is 10.9. The minimum absolute atomic E-state index is 0.00695. The molecule has 5 heterocycles. The predicted octanol–water partition coefficient (Wildman–Crippen LogP) is 6.57. The molecule has 1 aliphatic carbocycles. The fourth-order valence-electron chi connectivity index (χ4n) is 10.6. The van der Waals surface area contributed by atoms with Crippen molar-refractivity contribution in [3.63, 3.8) is 0 Å². The van der Waals surface area contributed by atoms with Crippen LogP contribution in [0.25, 0.3) is 22.0 Å². The molecule has 4 aliphatic rings. The van der Waals surface area contributed by atoms with Gasteiger partial charge in [-0.1, -0.05) is 35.9 Å². The minimum atomic E-state index is -1.06. The Hall–Kier alpha value is -6.23. The topological polar surface area (TPSA) is 178 Å². The van der Waals surface area contributed by atoms with Crippen LogP contribution in [0.5, 0.6) is 11.5 Å². The van der Waals surface area contributed by atoms with Crippen LogP contribution in [0.15, 0.2) is 48.5 Å². The first-order valence-electron chi connectivity index (χ1n) is 24.4. The van der Waals surface area contributed by atoms with E-state index in [0.29, 0.717) is 69.4 Å². The number of nitrogens with one attached hydrogen (secondary N) is 1. The third-order valence-corrected chi connectivity index (χ3v) is 14.4. The summed E-state index contributed by atoms with van der Waals surface area (Å²) in [4.78, 5) is 72.8. The zero-order valence-electron chi connectivity index (χ0n) is 40.9. The molecule has 0 radical (unpaired) electrons. The lowest BCUT2D eigenvalue weighted by Crippen LogP contribution is -2.55. The lowest BCUT2D eigenvalue weighted by atomic mass is 9.91. The van der Waals surface area contributed by atoms with Crippen LogP contribution in [-0.2, 0) is 47.2 Å². The first-order chi connectivity index (χ1) is 33.5. The predicted molar refractivity (Wildman–Crippen MR) is 263 cm³/mol. The van der Waals surface area contributed by atoms with Crippen LogP contribution in [0.2, 0.25) is 5.02 Å². The number of amides is 4. The van der Waals surface area contributed by atoms with Crippen molar-refractivity contribution in [1.82, 2.24) is 34.4 Å². The molecule has 0 bridgehead atoms. The molecule has 3 aliphatic heterocycles. The maximum Gasteiger partial charge on any atom is 0.355 e. The number of aromatic nitrogens is 3. The number of benzene rings is 3. The van der Waals surface area contributed by atoms with Gasteiger partial charge in [-0.25, -0.2) is 4.79 Å². The van der Waals surface area contributed by atoms with Gasteiger partial charge in [0, 0.05) is 68.5 Å². The van der Waals surface area contributed by atoms with Crippen LogP contribution in [0.3, 0.4) is 0 Å². The van der Waals surface area contributed by atoms with Crippen LogP contribution in [0, 0.1) is 13.8 Å². The Morgan fingerprint density at radius 1 is 0.871 bits per heavy atom. The lowest BCUT2D eigenvalue weighted by molar-refractivity contribution is -0.135. The highest BCUT2D eigenvalue weighted by Gasteiger charge is 2.46. The number of carbonyl (C=O) groups excluding carboxylic acids is 5. The van der Waals surface area contributed by atoms with Crippen molar-refractivity contribution in [2.24, 2.45) is 7.05 Å². The molecule has 0 saturated carbocycles. The lowest BCUT2D eigenvalue weighted by Gasteiger charge is -2.35. The van der Waals surface area contributed by atoms with Crippen molar-refractivity contribution in [2.45, 2.75) is 110 Å². The van der Waals surface area contributed by atoms with E-state index in [4.69, 9.17) is 30.9 Å². The van der Waals surface area contributed by atoms with Gasteiger partial charge >= 0.3 is 5.97 Å². The summed E-state index contributed by atoms with van der Waals surface area (Å²) in [7, 11) is 1.91. The number of hydrogen-bond acceptors (Lipinski definition) is 11. The van der Waals surface area contributed by atoms with Gasteiger partial charge in [0.15, 0.2) is 6.61 Å². The number of rotatable bonds is 14. The summed E-state index contributed by atoms with van der Waals surface area (Å²) in [6.45, 7) is 12.6. The van der Waals surface area contributed by atoms with Gasteiger partial charge < -0.3 is 34.1 Å². The Kier molecular flexibility index (Phi) is 13.9. The molecule has 370 valence electrons. The zero-order chi connectivity index (χ0) is 49.6. The highest BCUT2D eigenvalue weighted by molar-refractivity contribution is 6.35. The molecular weight excluding hydrogens is 914 g/mol. The monoisotopic (exact) mass is 975 g/mol. The van der Waals surface area contributed by atoms with Crippen molar-refractivity contribution in [2.75, 3.05) is 45.9 Å². The van der Waals surface area contributed by atoms with Crippen molar-refractivity contribution in [1.29, 1.82) is 0 Å². The second kappa shape index (κ2) is 19.9. The van der Waals surface area contributed by atoms with Gasteiger partial charge in [0.1, 0.15) is 35.1 Å². The van der Waals surface area contributed by atoms with E-state index in [2.05, 4.69) is 33.0 Å². The van der Waals surface area contributed by atoms with Gasteiger partial charge in [0.05, 0.1) is 34.0 Å². The molecule has 2 N–H and O–H groups in total. The Morgan fingerprint density at radius 2 is 1.61 bits per heavy atom. The number of carbonyl (C=O) groups is 5. The number of aliphatic hydroxyl groups excluding tert-OH is 1. The zero-order valence-corrected chi connectivity index (χ0v) is 41.6. The Morgan fingerprint density at radius 3 is 2.34 bits per heavy atom. The first-order valence-corrected chi connectivity index (χ1v) is 24.8. The Labute approximate surface area is 412 Å². The van der Waals surface area contributed by atoms with Crippen LogP contribution in [0.1, 0.15) is 112 Å². The number of nitrogens with zero attached hydrogens (tertiary/aromatic N) is 6. The van der Waals surface area contributed by atoms with E-state index < -0.39 is 41.6 Å². The summed E-state index contributed by atoms with van der Waals surface area (Å²) in [5, 5.41) is 18.5. The van der Waals surface area contributed by atoms with Crippen molar-refractivity contribution in [3.8, 4) is 22.6 Å². The fraction of sp³-hybridized carbons (Fsp3) is 0.472. The molecule has 17 heteroatoms. The molecule has 70 heavy (non-hydrogen) atoms. The number of piperidine rings is 1. The van der Waals surface area contributed by atoms with Gasteiger partial charge in [0.2, 0.25) is 5.91 Å². The SMILES string of the molecule is Cc1nn(C)c(C)c1-c1c(Cl)ccc2c(CCCOc3cccc4c3CCCC4)c(C(=O)OC(C)(C)C)n(CCN3CCN(C(=O)COc4cccc5c4C(=O)N(C4CCC(O)NC4=O)C5=O)CC3)c12. The Balaban J connectivity index is 0.934. The largest absolute Gasteiger partial charge is 0.493 e. The molecule has 2 saturated heterocycles. The van der Waals surface area contributed by atoms with Crippen LogP contribution < -0.4 is 14.8 Å². The summed E-state index contributed by atoms with van der Waals surface area (Å²) < 4.78 is 22.5. The van der Waals surface area contributed by atoms with E-state index in [-0.39, 0.29) is 42.2 Å². The number of ether oxygens (including phenoxy) is 3. The summed E-state index contributed by atoms with van der Waals surface area (Å²) >= 11 is 7.21. The minimum Gasteiger partial charge on any atom is -0.493 e. The summed E-state index contributed by atoms with van der Waals surface area (Å²) in [6.07, 6.45) is 4.92. The van der Waals surface area contributed by atoms with E-state index in [1.54, 1.807) is 11.0 Å². The molecule has 2 fully saturated rings. The third-order valence-electron chi connectivity index (χ3n) is 14.1. The van der Waals surface area contributed by atoms with E-state index in [9.17, 15) is 29.1 Å². The number of fused-ring (bicyclic) bond motifs is 3. The molecule has 16 nitrogen and oxygen atoms in total. The smallest absolute Gasteiger partial charge is 0.355 e. The van der Waals surface area contributed by atoms with Crippen molar-refractivity contribution in [3.05, 3.63) is 98.5 Å². The summed E-state index contributed by atoms with van der Waals surface area (Å²) in [6, 6.07) is 13.8. The number of imide groups is 1. The maximum absolute atomic E-state index is 14.6. The third kappa shape index (κ3) is 9.52. The molecular formula is C53H62ClN7O9. The quantitative estimate of drug-likeness (QED) is 0.0699. The number of piperazine rings is 1. The van der Waals surface area contributed by atoms with Gasteiger partial charge in [-0.2, -0.15) is 5.10 Å². The molecule has 5 aromatic rings. The van der Waals surface area contributed by atoms with Gasteiger partial charge in [-0.05, 0) is 127 Å². The van der Waals surface area contributed by atoms with Gasteiger partial charge in [0.25, 0.3) is 17.7 Å². The molecule has 2 atom stereocenters. The number of aryl methyl sites for hydroxylation is 4. The van der Waals surface area contributed by atoms with Crippen molar-refractivity contribution < 1.29 is 43.3 Å². The molecule has 9 rings (SSSR count). The first kappa shape index (κ1) is 48.8. The van der Waals surface area contributed by atoms with E-state index in [1.165, 1.54) is 29.7 Å². The average Bonchev–Trinajstić information content (AvgIpc) is 3.88. The molecule has 0 spiro atoms. The number of aliphatic hydroxyl groups is 1. The molecule has 2 unspecified atom stereocenters. The number of hydrogen-bond donors (Lipinski definition) is 2. The standard InChI is InChI=1S/C53H62ClN7O9/c1-31-44(32(2)57(6)56-31)46-38(54)20-19-36-35(16-11-29-68-40-17-9-13-33-12-7-8-14-34(33)40)48(52(67)70-53(3,4)5)60(47(36)46)28-25-58-23-26-59(27-24-58)43(63)30-69-41-18-10-15-37-45(41)51(66)61(50(37)65)39-21-22-42(62)55-49(39)64/h9-10,13,15,17-20,39,42,62H,7-8,11-12,14,16,21-30H2,1-6H3,(H,55,64). The van der Waals surface area contributed by atoms with Crippen LogP contribution in [0.4, 0.5) is 0 Å². The van der Waals surface area contributed by atoms with Gasteiger partial charge in [-0.3, -0.25) is 33.7 Å². The molecule has 3 aromatic carbocycles. The van der Waals surface area contributed by atoms with Gasteiger partial charge in [-0.15, -0.1) is 0 Å². The molecule has 4 amide bonds. The van der Waals surface area contributed by atoms with Crippen LogP contribution in [-0.4, -0.2) is 128 Å². The Bertz CT molecular complexity index is 2890. The number of halogens is 1. The van der Waals surface area contributed by atoms with Crippen molar-refractivity contribution >= 4 is 52.1 Å². The molecule has 2 aromatic heterocycles.